The molecule has 0 atom stereocenters. The fourth-order valence-corrected chi connectivity index (χ4v) is 2.00. The van der Waals surface area contributed by atoms with E-state index in [0.717, 1.165) is 0 Å². The molecular formula is C16H13BrO3. The molecular weight excluding hydrogens is 320 g/mol. The highest BCUT2D eigenvalue weighted by Gasteiger charge is 2.04. The third-order valence-electron chi connectivity index (χ3n) is 2.79. The van der Waals surface area contributed by atoms with Crippen molar-refractivity contribution in [3.63, 3.8) is 0 Å². The summed E-state index contributed by atoms with van der Waals surface area (Å²) in [7, 11) is 0. The minimum atomic E-state index is 0.0224. The Balaban J connectivity index is 2.10. The predicted octanol–water partition coefficient (Wildman–Crippen LogP) is 4.26. The summed E-state index contributed by atoms with van der Waals surface area (Å²) in [5, 5.41) is 0.305. The lowest BCUT2D eigenvalue weighted by Gasteiger charge is -2.06. The molecule has 2 aromatic rings. The van der Waals surface area contributed by atoms with Crippen LogP contribution in [0.15, 0.2) is 48.5 Å². The second kappa shape index (κ2) is 6.48. The molecule has 2 rings (SSSR count). The highest BCUT2D eigenvalue weighted by atomic mass is 79.9. The van der Waals surface area contributed by atoms with Crippen LogP contribution in [0, 0.1) is 0 Å². The lowest BCUT2D eigenvalue weighted by molar-refractivity contribution is 0.101. The van der Waals surface area contributed by atoms with E-state index in [0.29, 0.717) is 28.0 Å². The number of ether oxygens (including phenoxy) is 1. The van der Waals surface area contributed by atoms with E-state index in [1.807, 2.05) is 0 Å². The number of carbonyl (C=O) groups excluding carboxylic acids is 2. The minimum Gasteiger partial charge on any atom is -0.457 e. The summed E-state index contributed by atoms with van der Waals surface area (Å²) < 4.78 is 5.65. The SMILES string of the molecule is CC(=O)c1ccc(Oc2ccc(C(=O)CBr)cc2)cc1. The first-order valence-electron chi connectivity index (χ1n) is 6.08. The van der Waals surface area contributed by atoms with Crippen LogP contribution in [0.4, 0.5) is 0 Å². The molecule has 0 saturated heterocycles. The Hall–Kier alpha value is -1.94. The molecule has 102 valence electrons. The van der Waals surface area contributed by atoms with Crippen molar-refractivity contribution in [2.45, 2.75) is 6.92 Å². The van der Waals surface area contributed by atoms with E-state index in [1.54, 1.807) is 48.5 Å². The highest BCUT2D eigenvalue weighted by Crippen LogP contribution is 2.22. The van der Waals surface area contributed by atoms with Crippen LogP contribution in [-0.2, 0) is 0 Å². The van der Waals surface area contributed by atoms with Gasteiger partial charge >= 0.3 is 0 Å². The topological polar surface area (TPSA) is 43.4 Å². The molecule has 0 unspecified atom stereocenters. The van der Waals surface area contributed by atoms with Gasteiger partial charge in [-0.15, -0.1) is 0 Å². The first kappa shape index (κ1) is 14.5. The number of hydrogen-bond acceptors (Lipinski definition) is 3. The van der Waals surface area contributed by atoms with E-state index in [2.05, 4.69) is 15.9 Å². The van der Waals surface area contributed by atoms with Crippen LogP contribution in [0.3, 0.4) is 0 Å². The van der Waals surface area contributed by atoms with Crippen molar-refractivity contribution in [1.29, 1.82) is 0 Å². The summed E-state index contributed by atoms with van der Waals surface area (Å²) in [4.78, 5) is 22.6. The van der Waals surface area contributed by atoms with Gasteiger partial charge in [-0.2, -0.15) is 0 Å². The van der Waals surface area contributed by atoms with Gasteiger partial charge in [0.2, 0.25) is 0 Å². The normalized spacial score (nSPS) is 10.1. The molecule has 0 aromatic heterocycles. The van der Waals surface area contributed by atoms with Gasteiger partial charge in [0.1, 0.15) is 11.5 Å². The number of carbonyl (C=O) groups is 2. The fraction of sp³-hybridized carbons (Fsp3) is 0.125. The van der Waals surface area contributed by atoms with Gasteiger partial charge in [-0.1, -0.05) is 15.9 Å². The first-order chi connectivity index (χ1) is 9.60. The molecule has 20 heavy (non-hydrogen) atoms. The summed E-state index contributed by atoms with van der Waals surface area (Å²) in [6, 6.07) is 13.9. The second-order valence-corrected chi connectivity index (χ2v) is 4.82. The van der Waals surface area contributed by atoms with Crippen LogP contribution in [0.25, 0.3) is 0 Å². The monoisotopic (exact) mass is 332 g/mol. The number of rotatable bonds is 5. The molecule has 0 fully saturated rings. The molecule has 3 nitrogen and oxygen atoms in total. The van der Waals surface area contributed by atoms with Crippen molar-refractivity contribution in [3.05, 3.63) is 59.7 Å². The lowest BCUT2D eigenvalue weighted by atomic mass is 10.1. The molecule has 0 heterocycles. The number of halogens is 1. The number of hydrogen-bond donors (Lipinski definition) is 0. The predicted molar refractivity (Wildman–Crippen MR) is 81.1 cm³/mol. The van der Waals surface area contributed by atoms with Gasteiger partial charge in [0.25, 0.3) is 0 Å². The Kier molecular flexibility index (Phi) is 4.69. The summed E-state index contributed by atoms with van der Waals surface area (Å²) in [6.45, 7) is 1.52. The summed E-state index contributed by atoms with van der Waals surface area (Å²) >= 11 is 3.13. The van der Waals surface area contributed by atoms with Crippen LogP contribution in [0.2, 0.25) is 0 Å². The maximum Gasteiger partial charge on any atom is 0.173 e. The van der Waals surface area contributed by atoms with Crippen LogP contribution in [0.5, 0.6) is 11.5 Å². The number of Topliss-reactive ketones (excluding diaryl/α,β-unsaturated/α-hetero) is 2. The molecule has 0 aliphatic carbocycles. The summed E-state index contributed by atoms with van der Waals surface area (Å²) in [5.74, 6) is 1.35. The van der Waals surface area contributed by atoms with Gasteiger partial charge in [0.15, 0.2) is 11.6 Å². The average molecular weight is 333 g/mol. The van der Waals surface area contributed by atoms with Gasteiger partial charge in [0, 0.05) is 11.1 Å². The molecule has 0 aliphatic heterocycles. The largest absolute Gasteiger partial charge is 0.457 e. The van der Waals surface area contributed by atoms with E-state index in [9.17, 15) is 9.59 Å². The molecule has 0 aliphatic rings. The number of benzene rings is 2. The van der Waals surface area contributed by atoms with Crippen molar-refractivity contribution in [1.82, 2.24) is 0 Å². The molecule has 2 aromatic carbocycles. The maximum absolute atomic E-state index is 11.5. The Labute approximate surface area is 125 Å². The van der Waals surface area contributed by atoms with Crippen LogP contribution in [0.1, 0.15) is 27.6 Å². The van der Waals surface area contributed by atoms with Crippen molar-refractivity contribution in [2.24, 2.45) is 0 Å². The lowest BCUT2D eigenvalue weighted by Crippen LogP contribution is -1.99. The van der Waals surface area contributed by atoms with Gasteiger partial charge in [0.05, 0.1) is 5.33 Å². The Morgan fingerprint density at radius 1 is 0.900 bits per heavy atom. The smallest absolute Gasteiger partial charge is 0.173 e. The van der Waals surface area contributed by atoms with Gasteiger partial charge < -0.3 is 4.74 Å². The molecule has 0 saturated carbocycles. The van der Waals surface area contributed by atoms with Crippen molar-refractivity contribution in [2.75, 3.05) is 5.33 Å². The number of alkyl halides is 1. The molecule has 0 amide bonds. The van der Waals surface area contributed by atoms with Gasteiger partial charge in [-0.25, -0.2) is 0 Å². The molecule has 0 N–H and O–H groups in total. The van der Waals surface area contributed by atoms with E-state index >= 15 is 0 Å². The first-order valence-corrected chi connectivity index (χ1v) is 7.20. The zero-order valence-corrected chi connectivity index (χ0v) is 12.5. The maximum atomic E-state index is 11.5. The fourth-order valence-electron chi connectivity index (χ4n) is 1.68. The molecule has 0 bridgehead atoms. The Morgan fingerprint density at radius 3 is 1.75 bits per heavy atom. The van der Waals surface area contributed by atoms with Crippen molar-refractivity contribution < 1.29 is 14.3 Å². The molecule has 4 heteroatoms. The second-order valence-electron chi connectivity index (χ2n) is 4.26. The Bertz CT molecular complexity index is 615. The van der Waals surface area contributed by atoms with Gasteiger partial charge in [-0.05, 0) is 55.5 Å². The number of ketones is 2. The third kappa shape index (κ3) is 3.54. The van der Waals surface area contributed by atoms with E-state index in [1.165, 1.54) is 6.92 Å². The van der Waals surface area contributed by atoms with E-state index in [4.69, 9.17) is 4.74 Å². The third-order valence-corrected chi connectivity index (χ3v) is 3.30. The van der Waals surface area contributed by atoms with Crippen LogP contribution in [-0.4, -0.2) is 16.9 Å². The Morgan fingerprint density at radius 2 is 1.35 bits per heavy atom. The molecule has 0 radical (unpaired) electrons. The van der Waals surface area contributed by atoms with Crippen LogP contribution < -0.4 is 4.74 Å². The molecule has 0 spiro atoms. The van der Waals surface area contributed by atoms with Gasteiger partial charge in [-0.3, -0.25) is 9.59 Å². The van der Waals surface area contributed by atoms with E-state index < -0.39 is 0 Å². The zero-order valence-electron chi connectivity index (χ0n) is 10.9. The zero-order chi connectivity index (χ0) is 14.5. The van der Waals surface area contributed by atoms with E-state index in [-0.39, 0.29) is 11.6 Å². The van der Waals surface area contributed by atoms with Crippen LogP contribution >= 0.6 is 15.9 Å². The minimum absolute atomic E-state index is 0.0224. The highest BCUT2D eigenvalue weighted by molar-refractivity contribution is 9.09. The standard InChI is InChI=1S/C16H13BrO3/c1-11(18)12-2-6-14(7-3-12)20-15-8-4-13(5-9-15)16(19)10-17/h2-9H,10H2,1H3. The van der Waals surface area contributed by atoms with Crippen molar-refractivity contribution in [3.8, 4) is 11.5 Å². The summed E-state index contributed by atoms with van der Waals surface area (Å²) in [5.41, 5.74) is 1.29. The quantitative estimate of drug-likeness (QED) is 0.607. The van der Waals surface area contributed by atoms with Crippen molar-refractivity contribution >= 4 is 27.5 Å². The average Bonchev–Trinajstić information content (AvgIpc) is 2.48. The summed E-state index contributed by atoms with van der Waals surface area (Å²) in [6.07, 6.45) is 0.